The van der Waals surface area contributed by atoms with Crippen molar-refractivity contribution in [1.29, 1.82) is 0 Å². The monoisotopic (exact) mass is 407 g/mol. The Kier molecular flexibility index (Phi) is 6.58. The molecule has 1 aromatic rings. The number of rotatable bonds is 7. The second kappa shape index (κ2) is 8.51. The number of esters is 1. The molecule has 0 unspecified atom stereocenters. The molecule has 1 heterocycles. The summed E-state index contributed by atoms with van der Waals surface area (Å²) in [7, 11) is -0.485. The smallest absolute Gasteiger partial charge is 0.387 e. The number of hydrogen-bond acceptors (Lipinski definition) is 7. The highest BCUT2D eigenvalue weighted by Crippen LogP contribution is 2.29. The van der Waals surface area contributed by atoms with E-state index in [0.29, 0.717) is 6.42 Å². The number of halogens is 2. The van der Waals surface area contributed by atoms with Gasteiger partial charge in [0.15, 0.2) is 27.9 Å². The summed E-state index contributed by atoms with van der Waals surface area (Å²) in [4.78, 5) is 25.4. The van der Waals surface area contributed by atoms with Crippen molar-refractivity contribution in [2.45, 2.75) is 19.1 Å². The molecule has 0 spiro atoms. The van der Waals surface area contributed by atoms with E-state index in [0.717, 1.165) is 12.1 Å². The lowest BCUT2D eigenvalue weighted by Crippen LogP contribution is -2.40. The van der Waals surface area contributed by atoms with Gasteiger partial charge in [-0.1, -0.05) is 0 Å². The van der Waals surface area contributed by atoms with Crippen LogP contribution in [0.2, 0.25) is 0 Å². The summed E-state index contributed by atoms with van der Waals surface area (Å²) >= 11 is 0. The lowest BCUT2D eigenvalue weighted by Gasteiger charge is -2.23. The standard InChI is InChI=1S/C16H19F2NO7S/c1-19(11-5-6-27(22,23)9-11)14(20)8-25-15(21)10-3-4-12(26-16(17)18)13(7-10)24-2/h3-4,7,11,16H,5-6,8-9H2,1-2H3/t11-/m1/s1. The Morgan fingerprint density at radius 3 is 2.56 bits per heavy atom. The Balaban J connectivity index is 1.96. The van der Waals surface area contributed by atoms with E-state index in [-0.39, 0.29) is 28.6 Å². The Morgan fingerprint density at radius 1 is 1.30 bits per heavy atom. The summed E-state index contributed by atoms with van der Waals surface area (Å²) in [6.07, 6.45) is 0.335. The van der Waals surface area contributed by atoms with Gasteiger partial charge in [0.2, 0.25) is 0 Å². The lowest BCUT2D eigenvalue weighted by molar-refractivity contribution is -0.134. The minimum Gasteiger partial charge on any atom is -0.493 e. The molecular weight excluding hydrogens is 388 g/mol. The second-order valence-electron chi connectivity index (χ2n) is 5.88. The molecule has 0 N–H and O–H groups in total. The third kappa shape index (κ3) is 5.52. The van der Waals surface area contributed by atoms with Crippen LogP contribution in [-0.2, 0) is 19.4 Å². The van der Waals surface area contributed by atoms with Gasteiger partial charge in [-0.3, -0.25) is 4.79 Å². The van der Waals surface area contributed by atoms with Crippen molar-refractivity contribution >= 4 is 21.7 Å². The number of methoxy groups -OCH3 is 1. The first-order chi connectivity index (χ1) is 12.6. The molecule has 1 amide bonds. The van der Waals surface area contributed by atoms with Crippen LogP contribution in [0.1, 0.15) is 16.8 Å². The van der Waals surface area contributed by atoms with Gasteiger partial charge in [-0.15, -0.1) is 0 Å². The van der Waals surface area contributed by atoms with Gasteiger partial charge in [-0.05, 0) is 24.6 Å². The molecular formula is C16H19F2NO7S. The number of ether oxygens (including phenoxy) is 3. The van der Waals surface area contributed by atoms with Gasteiger partial charge in [-0.25, -0.2) is 13.2 Å². The number of hydrogen-bond donors (Lipinski definition) is 0. The number of benzene rings is 1. The van der Waals surface area contributed by atoms with Crippen LogP contribution in [0.5, 0.6) is 11.5 Å². The Hall–Kier alpha value is -2.43. The molecule has 11 heteroatoms. The van der Waals surface area contributed by atoms with Crippen molar-refractivity contribution < 1.29 is 41.0 Å². The number of sulfone groups is 1. The quantitative estimate of drug-likeness (QED) is 0.624. The van der Waals surface area contributed by atoms with Gasteiger partial charge in [0.05, 0.1) is 24.2 Å². The lowest BCUT2D eigenvalue weighted by atomic mass is 10.2. The summed E-state index contributed by atoms with van der Waals surface area (Å²) in [5.41, 5.74) is -0.0210. The van der Waals surface area contributed by atoms with Gasteiger partial charge in [0.1, 0.15) is 0 Å². The Bertz CT molecular complexity index is 813. The zero-order valence-corrected chi connectivity index (χ0v) is 15.5. The minimum absolute atomic E-state index is 0.0158. The normalized spacial score (nSPS) is 18.2. The van der Waals surface area contributed by atoms with E-state index in [4.69, 9.17) is 9.47 Å². The Labute approximate surface area is 154 Å². The van der Waals surface area contributed by atoms with Crippen LogP contribution in [0.3, 0.4) is 0 Å². The average molecular weight is 407 g/mol. The molecule has 1 aromatic carbocycles. The Morgan fingerprint density at radius 2 is 2.00 bits per heavy atom. The van der Waals surface area contributed by atoms with E-state index < -0.39 is 41.0 Å². The number of likely N-dealkylation sites (N-methyl/N-ethyl adjacent to an activating group) is 1. The summed E-state index contributed by atoms with van der Waals surface area (Å²) < 4.78 is 61.6. The minimum atomic E-state index is -3.15. The fourth-order valence-corrected chi connectivity index (χ4v) is 4.36. The van der Waals surface area contributed by atoms with Crippen molar-refractivity contribution in [3.63, 3.8) is 0 Å². The molecule has 0 aliphatic carbocycles. The molecule has 0 radical (unpaired) electrons. The molecule has 1 saturated heterocycles. The third-order valence-corrected chi connectivity index (χ3v) is 5.84. The maximum Gasteiger partial charge on any atom is 0.387 e. The van der Waals surface area contributed by atoms with Crippen molar-refractivity contribution in [1.82, 2.24) is 4.90 Å². The molecule has 0 bridgehead atoms. The number of nitrogens with zero attached hydrogens (tertiary/aromatic N) is 1. The van der Waals surface area contributed by atoms with Crippen LogP contribution in [0.4, 0.5) is 8.78 Å². The summed E-state index contributed by atoms with van der Waals surface area (Å²) in [5.74, 6) is -1.85. The summed E-state index contributed by atoms with van der Waals surface area (Å²) in [6, 6.07) is 3.02. The van der Waals surface area contributed by atoms with Gasteiger partial charge in [0, 0.05) is 13.1 Å². The van der Waals surface area contributed by atoms with Crippen molar-refractivity contribution in [3.8, 4) is 11.5 Å². The largest absolute Gasteiger partial charge is 0.493 e. The van der Waals surface area contributed by atoms with Gasteiger partial charge in [0.25, 0.3) is 5.91 Å². The maximum atomic E-state index is 12.3. The fraction of sp³-hybridized carbons (Fsp3) is 0.500. The van der Waals surface area contributed by atoms with Crippen LogP contribution >= 0.6 is 0 Å². The van der Waals surface area contributed by atoms with E-state index in [9.17, 15) is 26.8 Å². The topological polar surface area (TPSA) is 99.2 Å². The number of carbonyl (C=O) groups excluding carboxylic acids is 2. The maximum absolute atomic E-state index is 12.3. The van der Waals surface area contributed by atoms with Crippen LogP contribution in [0.25, 0.3) is 0 Å². The molecule has 150 valence electrons. The highest BCUT2D eigenvalue weighted by atomic mass is 32.2. The SMILES string of the molecule is COc1cc(C(=O)OCC(=O)N(C)[C@@H]2CCS(=O)(=O)C2)ccc1OC(F)F. The second-order valence-corrected chi connectivity index (χ2v) is 8.11. The molecule has 1 atom stereocenters. The highest BCUT2D eigenvalue weighted by molar-refractivity contribution is 7.91. The van der Waals surface area contributed by atoms with Crippen LogP contribution in [-0.4, -0.2) is 70.1 Å². The molecule has 1 aliphatic rings. The van der Waals surface area contributed by atoms with Gasteiger partial charge < -0.3 is 19.1 Å². The van der Waals surface area contributed by atoms with Crippen LogP contribution < -0.4 is 9.47 Å². The van der Waals surface area contributed by atoms with E-state index in [1.54, 1.807) is 0 Å². The van der Waals surface area contributed by atoms with Crippen molar-refractivity contribution in [3.05, 3.63) is 23.8 Å². The molecule has 27 heavy (non-hydrogen) atoms. The number of alkyl halides is 2. The molecule has 8 nitrogen and oxygen atoms in total. The van der Waals surface area contributed by atoms with E-state index in [1.165, 1.54) is 25.1 Å². The van der Waals surface area contributed by atoms with E-state index in [2.05, 4.69) is 4.74 Å². The number of carbonyl (C=O) groups is 2. The average Bonchev–Trinajstić information content (AvgIpc) is 2.98. The molecule has 1 fully saturated rings. The zero-order valence-electron chi connectivity index (χ0n) is 14.7. The van der Waals surface area contributed by atoms with Crippen molar-refractivity contribution in [2.24, 2.45) is 0 Å². The van der Waals surface area contributed by atoms with Gasteiger partial charge in [-0.2, -0.15) is 8.78 Å². The number of amides is 1. The van der Waals surface area contributed by atoms with E-state index >= 15 is 0 Å². The first-order valence-corrected chi connectivity index (χ1v) is 9.71. The molecule has 1 aliphatic heterocycles. The molecule has 0 saturated carbocycles. The van der Waals surface area contributed by atoms with E-state index in [1.807, 2.05) is 0 Å². The summed E-state index contributed by atoms with van der Waals surface area (Å²) in [5, 5.41) is 0. The predicted molar refractivity (Wildman–Crippen MR) is 89.7 cm³/mol. The highest BCUT2D eigenvalue weighted by Gasteiger charge is 2.33. The first kappa shape index (κ1) is 20.9. The van der Waals surface area contributed by atoms with Crippen molar-refractivity contribution in [2.75, 3.05) is 32.3 Å². The predicted octanol–water partition coefficient (Wildman–Crippen LogP) is 1.10. The summed E-state index contributed by atoms with van der Waals surface area (Å²) in [6.45, 7) is -3.63. The zero-order chi connectivity index (χ0) is 20.2. The molecule has 0 aromatic heterocycles. The fourth-order valence-electron chi connectivity index (χ4n) is 2.58. The van der Waals surface area contributed by atoms with Crippen LogP contribution in [0.15, 0.2) is 18.2 Å². The van der Waals surface area contributed by atoms with Gasteiger partial charge >= 0.3 is 12.6 Å². The first-order valence-electron chi connectivity index (χ1n) is 7.89. The van der Waals surface area contributed by atoms with Crippen LogP contribution in [0, 0.1) is 0 Å². The molecule has 2 rings (SSSR count). The third-order valence-electron chi connectivity index (χ3n) is 4.09.